The molecule has 0 aliphatic carbocycles. The third-order valence-electron chi connectivity index (χ3n) is 4.28. The number of hydrogen-bond donors (Lipinski definition) is 1. The van der Waals surface area contributed by atoms with Crippen LogP contribution in [0.25, 0.3) is 11.0 Å². The van der Waals surface area contributed by atoms with Crippen LogP contribution in [0.15, 0.2) is 18.2 Å². The predicted molar refractivity (Wildman–Crippen MR) is 71.3 cm³/mol. The Labute approximate surface area is 110 Å². The zero-order valence-electron chi connectivity index (χ0n) is 10.0. The van der Waals surface area contributed by atoms with Crippen LogP contribution in [0.3, 0.4) is 0 Å². The van der Waals surface area contributed by atoms with E-state index in [0.29, 0.717) is 12.1 Å². The highest BCUT2D eigenvalue weighted by Gasteiger charge is 2.36. The molecule has 2 aromatic rings. The maximum absolute atomic E-state index is 6.16. The zero-order chi connectivity index (χ0) is 12.3. The molecular formula is C13H15ClN4. The number of hydrogen-bond acceptors (Lipinski definition) is 3. The first-order valence-electron chi connectivity index (χ1n) is 6.40. The van der Waals surface area contributed by atoms with Gasteiger partial charge in [0.2, 0.25) is 0 Å². The van der Waals surface area contributed by atoms with Gasteiger partial charge in [-0.05, 0) is 31.0 Å². The number of aromatic nitrogens is 2. The van der Waals surface area contributed by atoms with Crippen molar-refractivity contribution < 1.29 is 0 Å². The molecule has 2 atom stereocenters. The normalized spacial score (nSPS) is 27.4. The van der Waals surface area contributed by atoms with Crippen molar-refractivity contribution in [1.82, 2.24) is 14.6 Å². The number of imidazole rings is 1. The molecular weight excluding hydrogens is 248 g/mol. The Morgan fingerprint density at radius 2 is 2.11 bits per heavy atom. The SMILES string of the molecule is NN1C2CCC1Cn1c(nc3cc(Cl)ccc31)C2. The maximum atomic E-state index is 6.16. The van der Waals surface area contributed by atoms with Gasteiger partial charge in [0.05, 0.1) is 11.0 Å². The summed E-state index contributed by atoms with van der Waals surface area (Å²) in [6.45, 7) is 0.945. The lowest BCUT2D eigenvalue weighted by molar-refractivity contribution is 0.195. The van der Waals surface area contributed by atoms with Crippen molar-refractivity contribution in [3.63, 3.8) is 0 Å². The molecule has 0 spiro atoms. The number of nitrogens with two attached hydrogens (primary N) is 1. The molecule has 1 saturated heterocycles. The number of nitrogens with zero attached hydrogens (tertiary/aromatic N) is 3. The Balaban J connectivity index is 1.89. The molecule has 18 heavy (non-hydrogen) atoms. The molecule has 4 nitrogen and oxygen atoms in total. The minimum Gasteiger partial charge on any atom is -0.326 e. The van der Waals surface area contributed by atoms with E-state index in [2.05, 4.69) is 10.6 Å². The van der Waals surface area contributed by atoms with Crippen molar-refractivity contribution in [2.75, 3.05) is 0 Å². The Morgan fingerprint density at radius 1 is 1.28 bits per heavy atom. The first-order chi connectivity index (χ1) is 8.72. The van der Waals surface area contributed by atoms with E-state index in [-0.39, 0.29) is 0 Å². The van der Waals surface area contributed by atoms with Crippen LogP contribution in [-0.2, 0) is 13.0 Å². The van der Waals surface area contributed by atoms with Crippen LogP contribution in [-0.4, -0.2) is 26.6 Å². The van der Waals surface area contributed by atoms with Gasteiger partial charge in [0, 0.05) is 30.1 Å². The quantitative estimate of drug-likeness (QED) is 0.739. The molecule has 0 radical (unpaired) electrons. The summed E-state index contributed by atoms with van der Waals surface area (Å²) in [4.78, 5) is 4.72. The van der Waals surface area contributed by atoms with Crippen LogP contribution in [0.1, 0.15) is 18.7 Å². The van der Waals surface area contributed by atoms with Crippen LogP contribution in [0, 0.1) is 0 Å². The molecule has 1 fully saturated rings. The lowest BCUT2D eigenvalue weighted by Crippen LogP contribution is -2.42. The third-order valence-corrected chi connectivity index (χ3v) is 4.51. The average Bonchev–Trinajstić information content (AvgIpc) is 2.78. The van der Waals surface area contributed by atoms with Crippen LogP contribution in [0.5, 0.6) is 0 Å². The Hall–Kier alpha value is -1.10. The summed E-state index contributed by atoms with van der Waals surface area (Å²) in [5.41, 5.74) is 2.18. The second kappa shape index (κ2) is 3.70. The van der Waals surface area contributed by atoms with Crippen LogP contribution >= 0.6 is 11.6 Å². The summed E-state index contributed by atoms with van der Waals surface area (Å²) in [7, 11) is 0. The smallest absolute Gasteiger partial charge is 0.111 e. The van der Waals surface area contributed by atoms with E-state index in [1.54, 1.807) is 0 Å². The van der Waals surface area contributed by atoms with Crippen LogP contribution < -0.4 is 5.84 Å². The fourth-order valence-corrected chi connectivity index (χ4v) is 3.47. The number of halogens is 1. The molecule has 1 aromatic heterocycles. The zero-order valence-corrected chi connectivity index (χ0v) is 10.8. The summed E-state index contributed by atoms with van der Waals surface area (Å²) in [5.74, 6) is 7.31. The van der Waals surface area contributed by atoms with Crippen molar-refractivity contribution >= 4 is 22.6 Å². The van der Waals surface area contributed by atoms with Gasteiger partial charge in [-0.1, -0.05) is 11.6 Å². The monoisotopic (exact) mass is 262 g/mol. The summed E-state index contributed by atoms with van der Waals surface area (Å²) in [6.07, 6.45) is 3.32. The molecule has 2 N–H and O–H groups in total. The minimum absolute atomic E-state index is 0.448. The second-order valence-corrected chi connectivity index (χ2v) is 5.74. The minimum atomic E-state index is 0.448. The van der Waals surface area contributed by atoms with Crippen molar-refractivity contribution in [3.8, 4) is 0 Å². The fourth-order valence-electron chi connectivity index (χ4n) is 3.31. The van der Waals surface area contributed by atoms with E-state index < -0.39 is 0 Å². The van der Waals surface area contributed by atoms with Crippen molar-refractivity contribution in [1.29, 1.82) is 0 Å². The van der Waals surface area contributed by atoms with E-state index in [1.165, 1.54) is 18.4 Å². The summed E-state index contributed by atoms with van der Waals surface area (Å²) < 4.78 is 2.31. The highest BCUT2D eigenvalue weighted by Crippen LogP contribution is 2.31. The molecule has 94 valence electrons. The fraction of sp³-hybridized carbons (Fsp3) is 0.462. The molecule has 1 aromatic carbocycles. The van der Waals surface area contributed by atoms with Gasteiger partial charge in [-0.25, -0.2) is 9.99 Å². The first kappa shape index (κ1) is 10.8. The van der Waals surface area contributed by atoms with Gasteiger partial charge in [-0.15, -0.1) is 0 Å². The van der Waals surface area contributed by atoms with Crippen molar-refractivity contribution in [2.45, 2.75) is 37.9 Å². The molecule has 0 amide bonds. The van der Waals surface area contributed by atoms with Gasteiger partial charge < -0.3 is 4.57 Å². The number of benzene rings is 1. The number of rotatable bonds is 0. The predicted octanol–water partition coefficient (Wildman–Crippen LogP) is 1.95. The van der Waals surface area contributed by atoms with Gasteiger partial charge in [-0.3, -0.25) is 5.84 Å². The largest absolute Gasteiger partial charge is 0.326 e. The molecule has 3 heterocycles. The Bertz CT molecular complexity index is 621. The Kier molecular flexibility index (Phi) is 2.22. The lowest BCUT2D eigenvalue weighted by atomic mass is 10.1. The van der Waals surface area contributed by atoms with Gasteiger partial charge >= 0.3 is 0 Å². The molecule has 2 aliphatic rings. The highest BCUT2D eigenvalue weighted by atomic mass is 35.5. The Morgan fingerprint density at radius 3 is 3.00 bits per heavy atom. The molecule has 4 rings (SSSR count). The summed E-state index contributed by atoms with van der Waals surface area (Å²) >= 11 is 6.03. The second-order valence-electron chi connectivity index (χ2n) is 5.31. The maximum Gasteiger partial charge on any atom is 0.111 e. The van der Waals surface area contributed by atoms with Crippen LogP contribution in [0.4, 0.5) is 0 Å². The standard InChI is InChI=1S/C13H15ClN4/c14-8-1-4-12-11(5-8)16-13-6-9-2-3-10(18(9)15)7-17(12)13/h1,4-5,9-10H,2-3,6-7,15H2. The molecule has 5 heteroatoms. The first-order valence-corrected chi connectivity index (χ1v) is 6.78. The summed E-state index contributed by atoms with van der Waals surface area (Å²) in [6, 6.07) is 6.84. The van der Waals surface area contributed by atoms with E-state index in [4.69, 9.17) is 22.4 Å². The van der Waals surface area contributed by atoms with E-state index in [9.17, 15) is 0 Å². The van der Waals surface area contributed by atoms with Crippen LogP contribution in [0.2, 0.25) is 5.02 Å². The molecule has 2 unspecified atom stereocenters. The van der Waals surface area contributed by atoms with Crippen molar-refractivity contribution in [3.05, 3.63) is 29.0 Å². The average molecular weight is 263 g/mol. The number of fused-ring (bicyclic) bond motifs is 5. The molecule has 2 bridgehead atoms. The van der Waals surface area contributed by atoms with Crippen molar-refractivity contribution in [2.24, 2.45) is 5.84 Å². The van der Waals surface area contributed by atoms with Gasteiger partial charge in [0.1, 0.15) is 5.82 Å². The van der Waals surface area contributed by atoms with E-state index in [1.807, 2.05) is 17.1 Å². The van der Waals surface area contributed by atoms with E-state index >= 15 is 0 Å². The van der Waals surface area contributed by atoms with Gasteiger partial charge in [0.15, 0.2) is 0 Å². The lowest BCUT2D eigenvalue weighted by Gasteiger charge is -2.21. The topological polar surface area (TPSA) is 47.1 Å². The third kappa shape index (κ3) is 1.43. The highest BCUT2D eigenvalue weighted by molar-refractivity contribution is 6.31. The molecule has 0 saturated carbocycles. The number of hydrazine groups is 1. The van der Waals surface area contributed by atoms with E-state index in [0.717, 1.165) is 29.3 Å². The molecule has 2 aliphatic heterocycles. The van der Waals surface area contributed by atoms with Gasteiger partial charge in [-0.2, -0.15) is 0 Å². The summed E-state index contributed by atoms with van der Waals surface area (Å²) in [5, 5.41) is 2.79. The van der Waals surface area contributed by atoms with Gasteiger partial charge in [0.25, 0.3) is 0 Å².